The number of para-hydroxylation sites is 1. The topological polar surface area (TPSA) is 76.1 Å². The Hall–Kier alpha value is -3.41. The van der Waals surface area contributed by atoms with Gasteiger partial charge in [-0.2, -0.15) is 0 Å². The van der Waals surface area contributed by atoms with Crippen LogP contribution in [0, 0.1) is 0 Å². The largest absolute Gasteiger partial charge is 0.484 e. The number of amides is 1. The number of nitrogens with zero attached hydrogens (tertiary/aromatic N) is 2. The average Bonchev–Trinajstić information content (AvgIpc) is 2.79. The van der Waals surface area contributed by atoms with E-state index in [1.54, 1.807) is 6.20 Å². The van der Waals surface area contributed by atoms with Crippen molar-refractivity contribution in [3.05, 3.63) is 84.4 Å². The Morgan fingerprint density at radius 3 is 2.87 bits per heavy atom. The van der Waals surface area contributed by atoms with Crippen LogP contribution in [0.15, 0.2) is 78.7 Å². The second-order valence-corrected chi connectivity index (χ2v) is 7.44. The highest BCUT2D eigenvalue weighted by Gasteiger charge is 2.22. The van der Waals surface area contributed by atoms with Crippen molar-refractivity contribution in [2.45, 2.75) is 37.6 Å². The molecule has 0 bridgehead atoms. The zero-order valence-corrected chi connectivity index (χ0v) is 16.8. The summed E-state index contributed by atoms with van der Waals surface area (Å²) >= 11 is 0. The van der Waals surface area contributed by atoms with E-state index in [9.17, 15) is 4.79 Å². The lowest BCUT2D eigenvalue weighted by Gasteiger charge is -2.25. The maximum atomic E-state index is 12.3. The number of hydrogen-bond acceptors (Lipinski definition) is 5. The molecule has 1 amide bonds. The molecule has 1 aromatic carbocycles. The van der Waals surface area contributed by atoms with E-state index in [1.165, 1.54) is 0 Å². The monoisotopic (exact) mass is 402 g/mol. The molecule has 1 aromatic heterocycles. The Morgan fingerprint density at radius 2 is 2.03 bits per heavy atom. The van der Waals surface area contributed by atoms with Crippen molar-refractivity contribution in [1.82, 2.24) is 15.3 Å². The van der Waals surface area contributed by atoms with Gasteiger partial charge >= 0.3 is 0 Å². The molecule has 1 heterocycles. The molecule has 2 unspecified atom stereocenters. The lowest BCUT2D eigenvalue weighted by molar-refractivity contribution is -0.124. The highest BCUT2D eigenvalue weighted by molar-refractivity contribution is 5.78. The highest BCUT2D eigenvalue weighted by Crippen LogP contribution is 2.28. The number of hydrogen-bond donors (Lipinski definition) is 2. The molecule has 2 aliphatic rings. The normalized spacial score (nSPS) is 20.3. The van der Waals surface area contributed by atoms with Gasteiger partial charge in [0.15, 0.2) is 6.61 Å². The molecule has 0 saturated heterocycles. The minimum absolute atomic E-state index is 0.0313. The third kappa shape index (κ3) is 5.56. The fourth-order valence-electron chi connectivity index (χ4n) is 3.64. The van der Waals surface area contributed by atoms with Crippen molar-refractivity contribution in [3.8, 4) is 0 Å². The lowest BCUT2D eigenvalue weighted by Crippen LogP contribution is -2.38. The second kappa shape index (κ2) is 9.87. The zero-order chi connectivity index (χ0) is 20.6. The molecule has 2 atom stereocenters. The number of aromatic nitrogens is 2. The number of nitrogens with one attached hydrogen (secondary N) is 2. The van der Waals surface area contributed by atoms with E-state index >= 15 is 0 Å². The Balaban J connectivity index is 1.32. The first kappa shape index (κ1) is 19.9. The van der Waals surface area contributed by atoms with Gasteiger partial charge in [-0.25, -0.2) is 9.97 Å². The van der Waals surface area contributed by atoms with Gasteiger partial charge in [-0.3, -0.25) is 4.79 Å². The van der Waals surface area contributed by atoms with Gasteiger partial charge in [0.1, 0.15) is 5.76 Å². The van der Waals surface area contributed by atoms with Crippen molar-refractivity contribution < 1.29 is 9.53 Å². The van der Waals surface area contributed by atoms with Crippen LogP contribution in [0.3, 0.4) is 0 Å². The van der Waals surface area contributed by atoms with Crippen LogP contribution in [0.2, 0.25) is 0 Å². The molecular formula is C24H26N4O2. The summed E-state index contributed by atoms with van der Waals surface area (Å²) in [6.45, 7) is 0.0316. The molecule has 0 radical (unpaired) electrons. The number of carbonyl (C=O) groups excluding carboxylic acids is 1. The predicted octanol–water partition coefficient (Wildman–Crippen LogP) is 4.39. The summed E-state index contributed by atoms with van der Waals surface area (Å²) in [6, 6.07) is 11.8. The molecule has 0 spiro atoms. The fourth-order valence-corrected chi connectivity index (χ4v) is 3.64. The maximum absolute atomic E-state index is 12.3. The molecule has 6 nitrogen and oxygen atoms in total. The SMILES string of the molecule is O=C(COC1=CCCC=C1)NC1C=CCC(c2ccnc(Nc3ccccc3)n2)C1. The summed E-state index contributed by atoms with van der Waals surface area (Å²) in [4.78, 5) is 21.3. The summed E-state index contributed by atoms with van der Waals surface area (Å²) in [5.41, 5.74) is 1.92. The number of benzene rings is 1. The van der Waals surface area contributed by atoms with E-state index in [0.29, 0.717) is 5.95 Å². The van der Waals surface area contributed by atoms with Gasteiger partial charge in [0, 0.05) is 29.5 Å². The van der Waals surface area contributed by atoms with Crippen molar-refractivity contribution >= 4 is 17.5 Å². The first-order valence-corrected chi connectivity index (χ1v) is 10.4. The van der Waals surface area contributed by atoms with Crippen LogP contribution in [0.25, 0.3) is 0 Å². The van der Waals surface area contributed by atoms with Crippen LogP contribution in [-0.4, -0.2) is 28.5 Å². The van der Waals surface area contributed by atoms with E-state index in [-0.39, 0.29) is 24.5 Å². The van der Waals surface area contributed by atoms with E-state index < -0.39 is 0 Å². The van der Waals surface area contributed by atoms with Crippen LogP contribution >= 0.6 is 0 Å². The van der Waals surface area contributed by atoms with Crippen LogP contribution in [0.5, 0.6) is 0 Å². The first-order chi connectivity index (χ1) is 14.8. The fraction of sp³-hybridized carbons (Fsp3) is 0.292. The molecule has 2 aromatic rings. The molecule has 6 heteroatoms. The van der Waals surface area contributed by atoms with Crippen molar-refractivity contribution in [2.24, 2.45) is 0 Å². The second-order valence-electron chi connectivity index (χ2n) is 7.44. The molecule has 154 valence electrons. The highest BCUT2D eigenvalue weighted by atomic mass is 16.5. The Kier molecular flexibility index (Phi) is 6.54. The van der Waals surface area contributed by atoms with E-state index in [4.69, 9.17) is 9.72 Å². The van der Waals surface area contributed by atoms with Gasteiger partial charge in [0.25, 0.3) is 5.91 Å². The van der Waals surface area contributed by atoms with Gasteiger partial charge in [0.2, 0.25) is 5.95 Å². The quantitative estimate of drug-likeness (QED) is 0.672. The van der Waals surface area contributed by atoms with Crippen LogP contribution in [0.1, 0.15) is 37.3 Å². The Bertz CT molecular complexity index is 953. The number of rotatable bonds is 7. The maximum Gasteiger partial charge on any atom is 0.258 e. The van der Waals surface area contributed by atoms with Crippen molar-refractivity contribution in [1.29, 1.82) is 0 Å². The van der Waals surface area contributed by atoms with Gasteiger partial charge in [-0.15, -0.1) is 0 Å². The number of anilines is 2. The van der Waals surface area contributed by atoms with E-state index in [0.717, 1.165) is 42.8 Å². The molecule has 0 aliphatic heterocycles. The summed E-state index contributed by atoms with van der Waals surface area (Å²) in [5.74, 6) is 1.47. The third-order valence-corrected chi connectivity index (χ3v) is 5.13. The Labute approximate surface area is 176 Å². The minimum Gasteiger partial charge on any atom is -0.484 e. The molecule has 2 aliphatic carbocycles. The van der Waals surface area contributed by atoms with Crippen molar-refractivity contribution in [2.75, 3.05) is 11.9 Å². The van der Waals surface area contributed by atoms with Crippen molar-refractivity contribution in [3.63, 3.8) is 0 Å². The zero-order valence-electron chi connectivity index (χ0n) is 16.8. The van der Waals surface area contributed by atoms with Crippen LogP contribution in [-0.2, 0) is 9.53 Å². The third-order valence-electron chi connectivity index (χ3n) is 5.13. The molecule has 0 fully saturated rings. The summed E-state index contributed by atoms with van der Waals surface area (Å²) < 4.78 is 5.58. The molecule has 4 rings (SSSR count). The van der Waals surface area contributed by atoms with Gasteiger partial charge in [0.05, 0.1) is 0 Å². The average molecular weight is 402 g/mol. The molecule has 0 saturated carbocycles. The molecule has 30 heavy (non-hydrogen) atoms. The smallest absolute Gasteiger partial charge is 0.258 e. The van der Waals surface area contributed by atoms with E-state index in [2.05, 4.69) is 33.8 Å². The molecule has 2 N–H and O–H groups in total. The summed E-state index contributed by atoms with van der Waals surface area (Å²) in [7, 11) is 0. The molecular weight excluding hydrogens is 376 g/mol. The number of allylic oxidation sites excluding steroid dienone is 4. The number of ether oxygens (including phenoxy) is 1. The summed E-state index contributed by atoms with van der Waals surface area (Å²) in [6.07, 6.45) is 15.6. The van der Waals surface area contributed by atoms with Crippen LogP contribution in [0.4, 0.5) is 11.6 Å². The first-order valence-electron chi connectivity index (χ1n) is 10.4. The van der Waals surface area contributed by atoms with Gasteiger partial charge in [-0.05, 0) is 56.0 Å². The lowest BCUT2D eigenvalue weighted by atomic mass is 9.88. The minimum atomic E-state index is -0.112. The van der Waals surface area contributed by atoms with Gasteiger partial charge < -0.3 is 15.4 Å². The Morgan fingerprint density at radius 1 is 1.13 bits per heavy atom. The number of carbonyl (C=O) groups is 1. The van der Waals surface area contributed by atoms with Crippen LogP contribution < -0.4 is 10.6 Å². The van der Waals surface area contributed by atoms with E-state index in [1.807, 2.05) is 48.6 Å². The summed E-state index contributed by atoms with van der Waals surface area (Å²) in [5, 5.41) is 6.29. The van der Waals surface area contributed by atoms with Gasteiger partial charge in [-0.1, -0.05) is 36.4 Å². The standard InChI is InChI=1S/C24H26N4O2/c29-23(17-30-21-12-5-2-6-13-21)26-20-11-7-8-18(16-20)22-14-15-25-24(28-22)27-19-9-3-1-4-10-19/h1,3-5,7,9-15,18,20H,2,6,8,16-17H2,(H,26,29)(H,25,27,28). The predicted molar refractivity (Wildman–Crippen MR) is 117 cm³/mol.